The maximum atomic E-state index is 8.58. The van der Waals surface area contributed by atoms with Crippen molar-refractivity contribution in [1.29, 1.82) is 31.6 Å². The maximum absolute atomic E-state index is 8.58. The van der Waals surface area contributed by atoms with Crippen molar-refractivity contribution in [3.8, 4) is 29.8 Å². The monoisotopic (exact) mass is 326 g/mol. The third-order valence-corrected chi connectivity index (χ3v) is 4.89. The smallest absolute Gasteiger partial charge is 0 e. The van der Waals surface area contributed by atoms with Gasteiger partial charge in [-0.3, -0.25) is 0 Å². The van der Waals surface area contributed by atoms with Gasteiger partial charge in [-0.15, -0.1) is 0 Å². The van der Waals surface area contributed by atoms with Gasteiger partial charge in [0.1, 0.15) is 0 Å². The molecule has 0 aromatic heterocycles. The van der Waals surface area contributed by atoms with Crippen LogP contribution in [0.25, 0.3) is 0 Å². The van der Waals surface area contributed by atoms with Crippen LogP contribution in [0.4, 0.5) is 0 Å². The van der Waals surface area contributed by atoms with Gasteiger partial charge < -0.3 is 0 Å². The summed E-state index contributed by atoms with van der Waals surface area (Å²) in [6.45, 7) is 0. The minimum atomic E-state index is -6.17. The molecule has 0 unspecified atom stereocenters. The van der Waals surface area contributed by atoms with Gasteiger partial charge in [0.15, 0.2) is 0 Å². The molecular weight excluding hydrogens is 324 g/mol. The van der Waals surface area contributed by atoms with Gasteiger partial charge in [-0.2, -0.15) is 0 Å². The fraction of sp³-hybridized carbons (Fsp3) is 0. The molecule has 0 amide bonds. The molecular formula is C6CdFeN6. The molecule has 0 rings (SSSR count). The second-order valence-corrected chi connectivity index (χ2v) is 7.42. The third-order valence-electron chi connectivity index (χ3n) is 1.19. The van der Waals surface area contributed by atoms with Crippen LogP contribution in [0.1, 0.15) is 0 Å². The number of hydrogen-bond donors (Lipinski definition) is 0. The number of nitrogens with zero attached hydrogens (tertiary/aromatic N) is 6. The summed E-state index contributed by atoms with van der Waals surface area (Å²) in [4.78, 5) is 6.19. The number of rotatable bonds is 0. The molecule has 0 aliphatic heterocycles. The SMILES string of the molecule is N#[C][Fe]([C]#N)([C]#N)([C]#N)([C]#N)[C]#N.[Cd]. The molecule has 0 saturated carbocycles. The van der Waals surface area contributed by atoms with Crippen LogP contribution < -0.4 is 0 Å². The summed E-state index contributed by atoms with van der Waals surface area (Å²) in [5.74, 6) is 0. The molecule has 0 radical (unpaired) electrons. The van der Waals surface area contributed by atoms with E-state index in [1.165, 1.54) is 0 Å². The average Bonchev–Trinajstić information content (AvgIpc) is 2.26. The maximum Gasteiger partial charge on any atom is 0 e. The molecule has 0 fully saturated rings. The zero-order chi connectivity index (χ0) is 10.7. The van der Waals surface area contributed by atoms with E-state index in [2.05, 4.69) is 0 Å². The number of nitriles is 6. The Bertz CT molecular complexity index is 392. The summed E-state index contributed by atoms with van der Waals surface area (Å²) in [6.07, 6.45) is 0. The second-order valence-electron chi connectivity index (χ2n) is 1.80. The van der Waals surface area contributed by atoms with Crippen molar-refractivity contribution in [3.63, 3.8) is 0 Å². The molecule has 14 heavy (non-hydrogen) atoms. The number of hydrogen-bond acceptors (Lipinski definition) is 6. The van der Waals surface area contributed by atoms with Gasteiger partial charge in [0, 0.05) is 27.3 Å². The van der Waals surface area contributed by atoms with Crippen molar-refractivity contribution in [1.82, 2.24) is 0 Å². The minimum absolute atomic E-state index is 0. The molecule has 0 N–H and O–H groups in total. The van der Waals surface area contributed by atoms with Crippen LogP contribution in [0.3, 0.4) is 0 Å². The largest absolute Gasteiger partial charge is 0 e. The van der Waals surface area contributed by atoms with Gasteiger partial charge in [-0.05, 0) is 0 Å². The van der Waals surface area contributed by atoms with Crippen LogP contribution >= 0.6 is 0 Å². The normalized spacial score (nSPS) is 12.4. The molecule has 0 atom stereocenters. The summed E-state index contributed by atoms with van der Waals surface area (Å²) in [6, 6.07) is 0. The Kier molecular flexibility index (Phi) is 3.47. The Labute approximate surface area is 98.9 Å². The fourth-order valence-electron chi connectivity index (χ4n) is 0.265. The van der Waals surface area contributed by atoms with Gasteiger partial charge >= 0.3 is 72.1 Å². The van der Waals surface area contributed by atoms with E-state index >= 15 is 0 Å². The predicted octanol–water partition coefficient (Wildman–Crippen LogP) is 0.0957. The molecule has 0 aliphatic rings. The standard InChI is InChI=1S/6CN.Cd.Fe/c6*1-2;;. The van der Waals surface area contributed by atoms with E-state index in [0.717, 1.165) is 29.8 Å². The summed E-state index contributed by atoms with van der Waals surface area (Å²) >= 11 is 0. The van der Waals surface area contributed by atoms with Gasteiger partial charge in [0.2, 0.25) is 0 Å². The fourth-order valence-corrected chi connectivity index (χ4v) is 1.09. The van der Waals surface area contributed by atoms with Crippen LogP contribution in [0.5, 0.6) is 0 Å². The summed E-state index contributed by atoms with van der Waals surface area (Å²) in [7, 11) is -6.17. The molecule has 6 nitrogen and oxygen atoms in total. The molecule has 0 bridgehead atoms. The third kappa shape index (κ3) is 1.13. The van der Waals surface area contributed by atoms with Gasteiger partial charge in [-0.1, -0.05) is 0 Å². The van der Waals surface area contributed by atoms with Crippen molar-refractivity contribution in [3.05, 3.63) is 0 Å². The zero-order valence-electron chi connectivity index (χ0n) is 6.74. The molecule has 0 aromatic carbocycles. The first kappa shape index (κ1) is 14.9. The van der Waals surface area contributed by atoms with E-state index in [1.54, 1.807) is 0 Å². The van der Waals surface area contributed by atoms with E-state index in [9.17, 15) is 0 Å². The van der Waals surface area contributed by atoms with Crippen molar-refractivity contribution in [2.45, 2.75) is 0 Å². The van der Waals surface area contributed by atoms with Crippen molar-refractivity contribution < 1.29 is 38.0 Å². The van der Waals surface area contributed by atoms with Crippen molar-refractivity contribution in [2.75, 3.05) is 0 Å². The minimum Gasteiger partial charge on any atom is 0 e. The average molecular weight is 324 g/mol. The molecule has 0 aliphatic carbocycles. The Balaban J connectivity index is 0. The van der Waals surface area contributed by atoms with Crippen LogP contribution in [0.15, 0.2) is 0 Å². The molecule has 64 valence electrons. The van der Waals surface area contributed by atoms with Crippen LogP contribution in [-0.2, 0) is 38.0 Å². The van der Waals surface area contributed by atoms with E-state index in [1.807, 2.05) is 0 Å². The zero-order valence-corrected chi connectivity index (χ0v) is 11.9. The van der Waals surface area contributed by atoms with Gasteiger partial charge in [-0.25, -0.2) is 0 Å². The van der Waals surface area contributed by atoms with Gasteiger partial charge in [0.25, 0.3) is 0 Å². The van der Waals surface area contributed by atoms with Gasteiger partial charge in [0.05, 0.1) is 0 Å². The van der Waals surface area contributed by atoms with Crippen LogP contribution in [-0.4, -0.2) is 0 Å². The second kappa shape index (κ2) is 3.27. The molecule has 0 aromatic rings. The quantitative estimate of drug-likeness (QED) is 0.578. The van der Waals surface area contributed by atoms with Crippen LogP contribution in [0, 0.1) is 61.4 Å². The Morgan fingerprint density at radius 1 is 0.500 bits per heavy atom. The summed E-state index contributed by atoms with van der Waals surface area (Å²) in [5.41, 5.74) is 0. The van der Waals surface area contributed by atoms with E-state index in [-0.39, 0.29) is 27.3 Å². The molecule has 0 heterocycles. The van der Waals surface area contributed by atoms with Crippen molar-refractivity contribution >= 4 is 0 Å². The van der Waals surface area contributed by atoms with E-state index in [4.69, 9.17) is 31.6 Å². The first-order valence-corrected chi connectivity index (χ1v) is 5.71. The Morgan fingerprint density at radius 2 is 0.643 bits per heavy atom. The van der Waals surface area contributed by atoms with E-state index < -0.39 is 10.7 Å². The summed E-state index contributed by atoms with van der Waals surface area (Å²) in [5, 5.41) is 51.5. The van der Waals surface area contributed by atoms with Crippen LogP contribution in [0.2, 0.25) is 0 Å². The Hall–Kier alpha value is -1.62. The summed E-state index contributed by atoms with van der Waals surface area (Å²) < 4.78 is 0. The topological polar surface area (TPSA) is 143 Å². The molecule has 0 spiro atoms. The van der Waals surface area contributed by atoms with Crippen molar-refractivity contribution in [2.24, 2.45) is 0 Å². The Morgan fingerprint density at radius 3 is 0.643 bits per heavy atom. The first-order chi connectivity index (χ1) is 5.97. The predicted molar refractivity (Wildman–Crippen MR) is 33.7 cm³/mol. The van der Waals surface area contributed by atoms with E-state index in [0.29, 0.717) is 0 Å². The first-order valence-electron chi connectivity index (χ1n) is 2.40. The molecule has 8 heteroatoms. The molecule has 0 saturated heterocycles.